The standard InChI is InChI=1S/C48H69N3O12/c1-4-5-6-7-8-9-10-11-12-13-14-15-16-22-36(53)51-50-35(28-52)48(58)26-31-40(34(27-48)62-38-25-32(49)47(29(2)61-38)63-37-23-17-18-24-60-37)46(57)42-41(44(31)55)43(54)30-20-19-21-33(59-3)39(30)45(42)56/h19-21,29,32,34,37-38,47,52,55,57-58H,4-18,22-28,49H2,1-3H3,(H,51,53)/t29-,32-,34-,37?,38-,47+,48-/m0/s1. The Bertz CT molecular complexity index is 1920. The molecule has 2 aromatic carbocycles. The number of aromatic hydroxyl groups is 2. The van der Waals surface area contributed by atoms with Crippen molar-refractivity contribution in [2.24, 2.45) is 10.8 Å². The fraction of sp³-hybridized carbons (Fsp3) is 0.667. The number of ketones is 2. The van der Waals surface area contributed by atoms with E-state index < -0.39 is 95.7 Å². The van der Waals surface area contributed by atoms with Gasteiger partial charge in [0.1, 0.15) is 29.0 Å². The van der Waals surface area contributed by atoms with Gasteiger partial charge in [-0.15, -0.1) is 0 Å². The number of carbonyl (C=O) groups excluding carboxylic acids is 3. The number of benzene rings is 2. The third-order valence-corrected chi connectivity index (χ3v) is 13.1. The van der Waals surface area contributed by atoms with Crippen molar-refractivity contribution in [3.63, 3.8) is 0 Å². The minimum atomic E-state index is -2.08. The molecular formula is C48H69N3O12. The van der Waals surface area contributed by atoms with Crippen LogP contribution < -0.4 is 15.9 Å². The van der Waals surface area contributed by atoms with E-state index in [0.717, 1.165) is 38.5 Å². The van der Waals surface area contributed by atoms with Crippen molar-refractivity contribution in [3.05, 3.63) is 51.6 Å². The third-order valence-electron chi connectivity index (χ3n) is 13.1. The number of aliphatic hydroxyl groups excluding tert-OH is 1. The Morgan fingerprint density at radius 3 is 2.19 bits per heavy atom. The van der Waals surface area contributed by atoms with Crippen molar-refractivity contribution in [2.45, 2.75) is 185 Å². The van der Waals surface area contributed by atoms with Gasteiger partial charge in [0.05, 0.1) is 48.3 Å². The van der Waals surface area contributed by atoms with Crippen molar-refractivity contribution in [3.8, 4) is 17.2 Å². The number of nitrogens with one attached hydrogen (secondary N) is 1. The number of nitrogens with zero attached hydrogens (tertiary/aromatic N) is 1. The summed E-state index contributed by atoms with van der Waals surface area (Å²) in [7, 11) is 1.36. The number of unbranched alkanes of at least 4 members (excludes halogenated alkanes) is 12. The van der Waals surface area contributed by atoms with Crippen LogP contribution in [0.2, 0.25) is 0 Å². The Hall–Kier alpha value is -3.96. The van der Waals surface area contributed by atoms with Crippen LogP contribution >= 0.6 is 0 Å². The van der Waals surface area contributed by atoms with Gasteiger partial charge < -0.3 is 49.8 Å². The number of methoxy groups -OCH3 is 1. The van der Waals surface area contributed by atoms with Crippen LogP contribution in [-0.2, 0) is 30.2 Å². The first-order valence-electron chi connectivity index (χ1n) is 23.3. The van der Waals surface area contributed by atoms with E-state index in [4.69, 9.17) is 29.4 Å². The molecule has 2 fully saturated rings. The Labute approximate surface area is 371 Å². The average molecular weight is 880 g/mol. The van der Waals surface area contributed by atoms with Gasteiger partial charge in [-0.25, -0.2) is 5.43 Å². The molecule has 0 spiro atoms. The van der Waals surface area contributed by atoms with E-state index in [2.05, 4.69) is 17.5 Å². The number of hydrogen-bond acceptors (Lipinski definition) is 14. The highest BCUT2D eigenvalue weighted by atomic mass is 16.7. The number of rotatable bonds is 22. The molecule has 2 saturated heterocycles. The monoisotopic (exact) mass is 879 g/mol. The van der Waals surface area contributed by atoms with Crippen LogP contribution in [0.1, 0.15) is 185 Å². The summed E-state index contributed by atoms with van der Waals surface area (Å²) >= 11 is 0. The quantitative estimate of drug-likeness (QED) is 0.0261. The highest BCUT2D eigenvalue weighted by Crippen LogP contribution is 2.52. The maximum Gasteiger partial charge on any atom is 0.240 e. The Morgan fingerprint density at radius 1 is 0.905 bits per heavy atom. The lowest BCUT2D eigenvalue weighted by Crippen LogP contribution is -2.55. The first kappa shape index (κ1) is 48.5. The molecule has 0 aromatic heterocycles. The minimum Gasteiger partial charge on any atom is -0.507 e. The van der Waals surface area contributed by atoms with Crippen LogP contribution in [0.15, 0.2) is 23.3 Å². The molecule has 2 aliphatic carbocycles. The van der Waals surface area contributed by atoms with Gasteiger partial charge in [0.2, 0.25) is 11.7 Å². The van der Waals surface area contributed by atoms with Crippen LogP contribution in [0.25, 0.3) is 0 Å². The van der Waals surface area contributed by atoms with Gasteiger partial charge >= 0.3 is 0 Å². The fourth-order valence-corrected chi connectivity index (χ4v) is 9.58. The van der Waals surface area contributed by atoms with Crippen LogP contribution in [-0.4, -0.2) is 100 Å². The molecule has 7 N–H and O–H groups in total. The van der Waals surface area contributed by atoms with E-state index in [9.17, 15) is 34.8 Å². The van der Waals surface area contributed by atoms with Crippen molar-refractivity contribution < 1.29 is 58.5 Å². The lowest BCUT2D eigenvalue weighted by molar-refractivity contribution is -0.280. The van der Waals surface area contributed by atoms with E-state index in [0.29, 0.717) is 13.0 Å². The minimum absolute atomic E-state index is 0.0295. The smallest absolute Gasteiger partial charge is 0.240 e. The molecule has 1 unspecified atom stereocenters. The number of phenols is 2. The predicted octanol–water partition coefficient (Wildman–Crippen LogP) is 6.94. The molecule has 15 heteroatoms. The number of phenolic OH excluding ortho intramolecular Hbond substituents is 2. The van der Waals surface area contributed by atoms with E-state index >= 15 is 0 Å². The molecule has 2 aliphatic heterocycles. The number of ether oxygens (including phenoxy) is 5. The largest absolute Gasteiger partial charge is 0.507 e. The molecule has 2 heterocycles. The maximum absolute atomic E-state index is 14.2. The Morgan fingerprint density at radius 2 is 1.57 bits per heavy atom. The predicted molar refractivity (Wildman–Crippen MR) is 235 cm³/mol. The molecule has 6 rings (SSSR count). The van der Waals surface area contributed by atoms with Gasteiger partial charge in [-0.3, -0.25) is 14.4 Å². The molecule has 0 radical (unpaired) electrons. The normalized spacial score (nSPS) is 25.9. The van der Waals surface area contributed by atoms with Gasteiger partial charge in [-0.2, -0.15) is 5.10 Å². The zero-order chi connectivity index (χ0) is 45.1. The molecule has 0 bridgehead atoms. The summed E-state index contributed by atoms with van der Waals surface area (Å²) in [6, 6.07) is 3.92. The second kappa shape index (κ2) is 22.8. The van der Waals surface area contributed by atoms with E-state index in [1.54, 1.807) is 6.92 Å². The number of fused-ring (bicyclic) bond motifs is 3. The number of hydrazone groups is 1. The second-order valence-electron chi connectivity index (χ2n) is 17.7. The number of nitrogens with two attached hydrogens (primary N) is 1. The van der Waals surface area contributed by atoms with E-state index in [1.165, 1.54) is 83.1 Å². The molecule has 63 heavy (non-hydrogen) atoms. The zero-order valence-corrected chi connectivity index (χ0v) is 37.3. The number of carbonyl (C=O) groups is 3. The van der Waals surface area contributed by atoms with Crippen LogP contribution in [0.4, 0.5) is 0 Å². The molecule has 4 aliphatic rings. The highest BCUT2D eigenvalue weighted by Gasteiger charge is 2.50. The molecule has 15 nitrogen and oxygen atoms in total. The van der Waals surface area contributed by atoms with Gasteiger partial charge in [-0.1, -0.05) is 96.1 Å². The summed E-state index contributed by atoms with van der Waals surface area (Å²) in [5, 5.41) is 51.2. The second-order valence-corrected chi connectivity index (χ2v) is 17.7. The van der Waals surface area contributed by atoms with Gasteiger partial charge in [-0.05, 0) is 38.7 Å². The van der Waals surface area contributed by atoms with E-state index in [1.807, 2.05) is 0 Å². The highest BCUT2D eigenvalue weighted by molar-refractivity contribution is 6.31. The van der Waals surface area contributed by atoms with E-state index in [-0.39, 0.29) is 53.0 Å². The van der Waals surface area contributed by atoms with Crippen molar-refractivity contribution in [2.75, 3.05) is 20.3 Å². The molecule has 2 aromatic rings. The third kappa shape index (κ3) is 11.5. The summed E-state index contributed by atoms with van der Waals surface area (Å²) in [4.78, 5) is 41.2. The Balaban J connectivity index is 1.18. The number of hydrogen-bond donors (Lipinski definition) is 6. The van der Waals surface area contributed by atoms with Crippen LogP contribution in [0.5, 0.6) is 17.2 Å². The van der Waals surface area contributed by atoms with Gasteiger partial charge in [0, 0.05) is 55.0 Å². The molecule has 0 saturated carbocycles. The van der Waals surface area contributed by atoms with Crippen LogP contribution in [0.3, 0.4) is 0 Å². The van der Waals surface area contributed by atoms with Crippen molar-refractivity contribution in [1.29, 1.82) is 0 Å². The summed E-state index contributed by atoms with van der Waals surface area (Å²) in [5.74, 6) is -3.01. The number of amides is 1. The summed E-state index contributed by atoms with van der Waals surface area (Å²) < 4.78 is 30.2. The lowest BCUT2D eigenvalue weighted by atomic mass is 9.71. The first-order chi connectivity index (χ1) is 30.4. The molecule has 7 atom stereocenters. The summed E-state index contributed by atoms with van der Waals surface area (Å²) in [5.41, 5.74) is 5.71. The molecule has 1 amide bonds. The molecule has 348 valence electrons. The van der Waals surface area contributed by atoms with Crippen molar-refractivity contribution in [1.82, 2.24) is 5.43 Å². The fourth-order valence-electron chi connectivity index (χ4n) is 9.58. The van der Waals surface area contributed by atoms with Gasteiger partial charge in [0.15, 0.2) is 18.4 Å². The first-order valence-corrected chi connectivity index (χ1v) is 23.3. The molecular weight excluding hydrogens is 811 g/mol. The van der Waals surface area contributed by atoms with Gasteiger partial charge in [0.25, 0.3) is 0 Å². The average Bonchev–Trinajstić information content (AvgIpc) is 3.27. The lowest BCUT2D eigenvalue weighted by Gasteiger charge is -2.44. The van der Waals surface area contributed by atoms with Crippen LogP contribution in [0, 0.1) is 0 Å². The Kier molecular flexibility index (Phi) is 17.5. The summed E-state index contributed by atoms with van der Waals surface area (Å²) in [6.45, 7) is 3.83. The topological polar surface area (TPSA) is 229 Å². The maximum atomic E-state index is 14.2. The zero-order valence-electron chi connectivity index (χ0n) is 37.3. The SMILES string of the molecule is CCCCCCCCCCCCCCCC(=O)NN=C(CO)[C@]1(O)Cc2c(O)c3c(c(O)c2[C@@H](O[C@H]2C[C@H](N)[C@H](OC4CCCCO4)[C@H](C)O2)C1)C(=O)c1c(OC)cccc1C3=O. The van der Waals surface area contributed by atoms with Crippen molar-refractivity contribution >= 4 is 23.2 Å². The summed E-state index contributed by atoms with van der Waals surface area (Å²) in [6.07, 6.45) is 13.5. The number of aliphatic hydroxyl groups is 2.